The maximum Gasteiger partial charge on any atom is 0.153 e. The summed E-state index contributed by atoms with van der Waals surface area (Å²) in [6.07, 6.45) is 5.38. The lowest BCUT2D eigenvalue weighted by Gasteiger charge is -2.17. The Hall–Kier alpha value is -4.42. The summed E-state index contributed by atoms with van der Waals surface area (Å²) in [7, 11) is 0. The van der Waals surface area contributed by atoms with Crippen LogP contribution in [0.4, 0.5) is 0 Å². The van der Waals surface area contributed by atoms with Crippen LogP contribution in [0.15, 0.2) is 67.0 Å². The fraction of sp³-hybridized carbons (Fsp3) is 0.286. The number of rotatable bonds is 16. The predicted molar refractivity (Wildman–Crippen MR) is 170 cm³/mol. The van der Waals surface area contributed by atoms with Crippen molar-refractivity contribution in [3.8, 4) is 34.4 Å². The van der Waals surface area contributed by atoms with Gasteiger partial charge in [-0.1, -0.05) is 41.9 Å². The number of carbonyl (C=O) groups is 1. The van der Waals surface area contributed by atoms with Gasteiger partial charge in [0.1, 0.15) is 36.5 Å². The van der Waals surface area contributed by atoms with Gasteiger partial charge in [-0.25, -0.2) is 0 Å². The van der Waals surface area contributed by atoms with Gasteiger partial charge in [-0.3, -0.25) is 9.78 Å². The average Bonchev–Trinajstić information content (AvgIpc) is 3.04. The van der Waals surface area contributed by atoms with Gasteiger partial charge >= 0.3 is 0 Å². The molecule has 2 N–H and O–H groups in total. The van der Waals surface area contributed by atoms with E-state index in [9.17, 15) is 4.79 Å². The predicted octanol–water partition coefficient (Wildman–Crippen LogP) is 6.60. The third-order valence-corrected chi connectivity index (χ3v) is 7.48. The number of nitrogens with zero attached hydrogens (tertiary/aromatic N) is 2. The van der Waals surface area contributed by atoms with E-state index in [-0.39, 0.29) is 19.8 Å². The SMILES string of the molecule is Cc1c(COc2cc(OCc3cncc(C#N)c3)c(C=O)cc2Cl)cccc1-c1cccc(OCCCNCCCO)c1C. The van der Waals surface area contributed by atoms with E-state index >= 15 is 0 Å². The molecule has 228 valence electrons. The molecule has 3 aromatic carbocycles. The van der Waals surface area contributed by atoms with Crippen molar-refractivity contribution in [2.24, 2.45) is 0 Å². The first-order valence-electron chi connectivity index (χ1n) is 14.5. The minimum Gasteiger partial charge on any atom is -0.493 e. The van der Waals surface area contributed by atoms with Gasteiger partial charge in [-0.05, 0) is 85.8 Å². The first kappa shape index (κ1) is 32.5. The molecule has 44 heavy (non-hydrogen) atoms. The van der Waals surface area contributed by atoms with Crippen LogP contribution in [-0.4, -0.2) is 42.7 Å². The van der Waals surface area contributed by atoms with Gasteiger partial charge in [0.2, 0.25) is 0 Å². The Labute approximate surface area is 263 Å². The number of benzene rings is 3. The van der Waals surface area contributed by atoms with E-state index in [1.165, 1.54) is 12.3 Å². The van der Waals surface area contributed by atoms with Gasteiger partial charge < -0.3 is 24.6 Å². The molecule has 9 heteroatoms. The van der Waals surface area contributed by atoms with Crippen molar-refractivity contribution < 1.29 is 24.1 Å². The molecule has 0 atom stereocenters. The van der Waals surface area contributed by atoms with Crippen molar-refractivity contribution in [1.29, 1.82) is 5.26 Å². The molecule has 0 aliphatic carbocycles. The van der Waals surface area contributed by atoms with Crippen LogP contribution in [0, 0.1) is 25.2 Å². The van der Waals surface area contributed by atoms with Crippen LogP contribution in [0.25, 0.3) is 11.1 Å². The van der Waals surface area contributed by atoms with Crippen LogP contribution in [-0.2, 0) is 13.2 Å². The Balaban J connectivity index is 1.45. The zero-order valence-corrected chi connectivity index (χ0v) is 25.7. The third-order valence-electron chi connectivity index (χ3n) is 7.18. The van der Waals surface area contributed by atoms with Crippen molar-refractivity contribution in [1.82, 2.24) is 10.3 Å². The second-order valence-corrected chi connectivity index (χ2v) is 10.7. The number of nitriles is 1. The van der Waals surface area contributed by atoms with E-state index in [1.54, 1.807) is 18.3 Å². The number of pyridine rings is 1. The molecule has 4 rings (SSSR count). The number of aromatic nitrogens is 1. The van der Waals surface area contributed by atoms with Crippen molar-refractivity contribution >= 4 is 17.9 Å². The van der Waals surface area contributed by atoms with Crippen LogP contribution in [0.5, 0.6) is 17.2 Å². The molecular weight excluding hydrogens is 578 g/mol. The molecule has 0 saturated heterocycles. The molecule has 8 nitrogen and oxygen atoms in total. The molecule has 0 saturated carbocycles. The van der Waals surface area contributed by atoms with E-state index in [2.05, 4.69) is 42.4 Å². The lowest BCUT2D eigenvalue weighted by atomic mass is 9.93. The number of carbonyl (C=O) groups excluding carboxylic acids is 1. The Morgan fingerprint density at radius 3 is 2.43 bits per heavy atom. The molecule has 4 aromatic rings. The van der Waals surface area contributed by atoms with E-state index in [1.807, 2.05) is 24.3 Å². The standard InChI is InChI=1S/C35H36ClN3O5/c1-24-28(7-3-8-30(24)31-9-4-10-33(25(31)2)42-14-6-12-38-11-5-13-40)23-44-35-17-34(29(21-41)16-32(35)36)43-22-27-15-26(18-37)19-39-20-27/h3-4,7-10,15-17,19-21,38,40H,5-6,11-14,22-23H2,1-2H3. The van der Waals surface area contributed by atoms with Gasteiger partial charge in [0, 0.05) is 30.6 Å². The topological polar surface area (TPSA) is 114 Å². The minimum atomic E-state index is 0.120. The first-order chi connectivity index (χ1) is 21.4. The number of halogens is 1. The molecular formula is C35H36ClN3O5. The second-order valence-electron chi connectivity index (χ2n) is 10.3. The number of hydrogen-bond donors (Lipinski definition) is 2. The van der Waals surface area contributed by atoms with E-state index in [0.29, 0.717) is 46.1 Å². The zero-order valence-electron chi connectivity index (χ0n) is 24.9. The number of ether oxygens (including phenoxy) is 3. The smallest absolute Gasteiger partial charge is 0.153 e. The summed E-state index contributed by atoms with van der Waals surface area (Å²) in [5, 5.41) is 21.6. The zero-order chi connectivity index (χ0) is 31.3. The molecule has 0 amide bonds. The summed E-state index contributed by atoms with van der Waals surface area (Å²) in [5.74, 6) is 1.56. The molecule has 1 aromatic heterocycles. The van der Waals surface area contributed by atoms with Crippen molar-refractivity contribution in [3.63, 3.8) is 0 Å². The van der Waals surface area contributed by atoms with E-state index in [0.717, 1.165) is 59.5 Å². The molecule has 0 unspecified atom stereocenters. The summed E-state index contributed by atoms with van der Waals surface area (Å²) in [4.78, 5) is 15.8. The van der Waals surface area contributed by atoms with Crippen LogP contribution in [0.1, 0.15) is 51.0 Å². The molecule has 0 spiro atoms. The van der Waals surface area contributed by atoms with Crippen LogP contribution < -0.4 is 19.5 Å². The number of aliphatic hydroxyl groups is 1. The molecule has 1 heterocycles. The van der Waals surface area contributed by atoms with Crippen LogP contribution >= 0.6 is 11.6 Å². The van der Waals surface area contributed by atoms with E-state index < -0.39 is 0 Å². The normalized spacial score (nSPS) is 10.7. The van der Waals surface area contributed by atoms with Crippen molar-refractivity contribution in [2.45, 2.75) is 39.9 Å². The molecule has 0 fully saturated rings. The number of hydrogen-bond acceptors (Lipinski definition) is 8. The summed E-state index contributed by atoms with van der Waals surface area (Å²) < 4.78 is 18.2. The van der Waals surface area contributed by atoms with Gasteiger partial charge in [0.05, 0.1) is 22.8 Å². The molecule has 0 bridgehead atoms. The third kappa shape index (κ3) is 8.57. The van der Waals surface area contributed by atoms with Gasteiger partial charge in [-0.2, -0.15) is 5.26 Å². The quantitative estimate of drug-likeness (QED) is 0.107. The Morgan fingerprint density at radius 1 is 0.909 bits per heavy atom. The summed E-state index contributed by atoms with van der Waals surface area (Å²) >= 11 is 6.48. The highest BCUT2D eigenvalue weighted by Crippen LogP contribution is 2.36. The van der Waals surface area contributed by atoms with Gasteiger partial charge in [0.15, 0.2) is 6.29 Å². The lowest BCUT2D eigenvalue weighted by molar-refractivity contribution is 0.111. The summed E-state index contributed by atoms with van der Waals surface area (Å²) in [5.41, 5.74) is 6.70. The highest BCUT2D eigenvalue weighted by molar-refractivity contribution is 6.32. The summed E-state index contributed by atoms with van der Waals surface area (Å²) in [6.45, 7) is 6.93. The second kappa shape index (κ2) is 16.4. The molecule has 0 radical (unpaired) electrons. The van der Waals surface area contributed by atoms with Crippen molar-refractivity contribution in [2.75, 3.05) is 26.3 Å². The maximum absolute atomic E-state index is 11.7. The monoisotopic (exact) mass is 613 g/mol. The lowest BCUT2D eigenvalue weighted by Crippen LogP contribution is -2.19. The van der Waals surface area contributed by atoms with Crippen molar-refractivity contribution in [3.05, 3.63) is 105 Å². The highest BCUT2D eigenvalue weighted by atomic mass is 35.5. The fourth-order valence-electron chi connectivity index (χ4n) is 4.72. The highest BCUT2D eigenvalue weighted by Gasteiger charge is 2.15. The minimum absolute atomic E-state index is 0.120. The number of aliphatic hydroxyl groups excluding tert-OH is 1. The maximum atomic E-state index is 11.7. The number of nitrogens with one attached hydrogen (secondary N) is 1. The Bertz CT molecular complexity index is 1620. The Morgan fingerprint density at radius 2 is 1.66 bits per heavy atom. The van der Waals surface area contributed by atoms with Crippen LogP contribution in [0.2, 0.25) is 5.02 Å². The van der Waals surface area contributed by atoms with Gasteiger partial charge in [-0.15, -0.1) is 0 Å². The first-order valence-corrected chi connectivity index (χ1v) is 14.8. The summed E-state index contributed by atoms with van der Waals surface area (Å²) in [6, 6.07) is 19.0. The average molecular weight is 614 g/mol. The van der Waals surface area contributed by atoms with Crippen LogP contribution in [0.3, 0.4) is 0 Å². The fourth-order valence-corrected chi connectivity index (χ4v) is 4.95. The largest absolute Gasteiger partial charge is 0.493 e. The molecule has 0 aliphatic heterocycles. The Kier molecular flexibility index (Phi) is 12.1. The van der Waals surface area contributed by atoms with Gasteiger partial charge in [0.25, 0.3) is 0 Å². The molecule has 0 aliphatic rings. The van der Waals surface area contributed by atoms with E-state index in [4.69, 9.17) is 36.2 Å². The number of aldehydes is 1.